The molecule has 2 aromatic rings. The van der Waals surface area contributed by atoms with Gasteiger partial charge in [0, 0.05) is 5.69 Å². The van der Waals surface area contributed by atoms with Gasteiger partial charge in [-0.2, -0.15) is 0 Å². The summed E-state index contributed by atoms with van der Waals surface area (Å²) in [5.41, 5.74) is 3.92. The minimum absolute atomic E-state index is 0.0713. The molecule has 0 bridgehead atoms. The summed E-state index contributed by atoms with van der Waals surface area (Å²) in [6, 6.07) is 15.0. The summed E-state index contributed by atoms with van der Waals surface area (Å²) in [6.45, 7) is 10.1. The van der Waals surface area contributed by atoms with Crippen molar-refractivity contribution in [1.82, 2.24) is 4.90 Å². The van der Waals surface area contributed by atoms with Gasteiger partial charge in [0.05, 0.1) is 4.91 Å². The zero-order valence-corrected chi connectivity index (χ0v) is 19.5. The Morgan fingerprint density at radius 3 is 2.37 bits per heavy atom. The van der Waals surface area contributed by atoms with Crippen molar-refractivity contribution in [2.45, 2.75) is 46.1 Å². The Kier molecular flexibility index (Phi) is 6.48. The molecule has 0 saturated carbocycles. The van der Waals surface area contributed by atoms with E-state index in [-0.39, 0.29) is 17.2 Å². The number of hydrogen-bond acceptors (Lipinski definition) is 4. The zero-order chi connectivity index (χ0) is 22.1. The van der Waals surface area contributed by atoms with E-state index in [4.69, 9.17) is 12.2 Å². The largest absolute Gasteiger partial charge is 0.324 e. The van der Waals surface area contributed by atoms with E-state index in [1.165, 1.54) is 22.2 Å². The minimum atomic E-state index is -0.703. The maximum Gasteiger partial charge on any atom is 0.266 e. The lowest BCUT2D eigenvalue weighted by Gasteiger charge is -2.22. The molecule has 1 fully saturated rings. The van der Waals surface area contributed by atoms with Gasteiger partial charge in [0.1, 0.15) is 10.4 Å². The fourth-order valence-electron chi connectivity index (χ4n) is 3.11. The SMILES string of the molecule is Cc1ccccc1NC(=O)C(C)N1C(=O)/C(=C/c2ccc(C(C)(C)C)cc2)SC1=S. The van der Waals surface area contributed by atoms with Gasteiger partial charge in [-0.1, -0.05) is 87.2 Å². The van der Waals surface area contributed by atoms with Gasteiger partial charge in [0.25, 0.3) is 5.91 Å². The Balaban J connectivity index is 1.76. The van der Waals surface area contributed by atoms with Crippen LogP contribution in [0.4, 0.5) is 5.69 Å². The van der Waals surface area contributed by atoms with Gasteiger partial charge in [-0.25, -0.2) is 0 Å². The average Bonchev–Trinajstić information content (AvgIpc) is 2.96. The van der Waals surface area contributed by atoms with Crippen LogP contribution < -0.4 is 5.32 Å². The number of nitrogens with one attached hydrogen (secondary N) is 1. The predicted octanol–water partition coefficient (Wildman–Crippen LogP) is 5.52. The van der Waals surface area contributed by atoms with E-state index >= 15 is 0 Å². The van der Waals surface area contributed by atoms with Crippen LogP contribution in [0.1, 0.15) is 44.4 Å². The molecule has 30 heavy (non-hydrogen) atoms. The highest BCUT2D eigenvalue weighted by molar-refractivity contribution is 8.26. The van der Waals surface area contributed by atoms with Crippen molar-refractivity contribution in [1.29, 1.82) is 0 Å². The number of benzene rings is 2. The van der Waals surface area contributed by atoms with Crippen LogP contribution >= 0.6 is 24.0 Å². The molecule has 1 unspecified atom stereocenters. The van der Waals surface area contributed by atoms with Crippen molar-refractivity contribution in [2.24, 2.45) is 0 Å². The van der Waals surface area contributed by atoms with Crippen molar-refractivity contribution >= 4 is 51.9 Å². The van der Waals surface area contributed by atoms with Gasteiger partial charge in [0.2, 0.25) is 5.91 Å². The van der Waals surface area contributed by atoms with Crippen molar-refractivity contribution in [2.75, 3.05) is 5.32 Å². The number of rotatable bonds is 4. The first kappa shape index (κ1) is 22.2. The van der Waals surface area contributed by atoms with Crippen molar-refractivity contribution in [3.63, 3.8) is 0 Å². The lowest BCUT2D eigenvalue weighted by Crippen LogP contribution is -2.44. The van der Waals surface area contributed by atoms with Gasteiger partial charge >= 0.3 is 0 Å². The molecule has 0 aliphatic carbocycles. The third kappa shape index (κ3) is 4.82. The molecule has 1 atom stereocenters. The third-order valence-corrected chi connectivity index (χ3v) is 6.40. The molecule has 2 amide bonds. The molecule has 1 saturated heterocycles. The van der Waals surface area contributed by atoms with Crippen LogP contribution in [0.15, 0.2) is 53.4 Å². The Bertz CT molecular complexity index is 1020. The van der Waals surface area contributed by atoms with E-state index in [9.17, 15) is 9.59 Å². The number of carbonyl (C=O) groups excluding carboxylic acids is 2. The Labute approximate surface area is 187 Å². The van der Waals surface area contributed by atoms with Crippen LogP contribution in [0, 0.1) is 6.92 Å². The van der Waals surface area contributed by atoms with E-state index in [1.807, 2.05) is 49.4 Å². The lowest BCUT2D eigenvalue weighted by atomic mass is 9.87. The summed E-state index contributed by atoms with van der Waals surface area (Å²) >= 11 is 6.64. The molecule has 6 heteroatoms. The molecule has 156 valence electrons. The Morgan fingerprint density at radius 2 is 1.77 bits per heavy atom. The van der Waals surface area contributed by atoms with Crippen LogP contribution in [0.25, 0.3) is 6.08 Å². The lowest BCUT2D eigenvalue weighted by molar-refractivity contribution is -0.129. The number of thiocarbonyl (C=S) groups is 1. The summed E-state index contributed by atoms with van der Waals surface area (Å²) in [7, 11) is 0. The number of para-hydroxylation sites is 1. The number of anilines is 1. The topological polar surface area (TPSA) is 49.4 Å². The van der Waals surface area contributed by atoms with Crippen LogP contribution in [-0.2, 0) is 15.0 Å². The zero-order valence-electron chi connectivity index (χ0n) is 17.9. The quantitative estimate of drug-likeness (QED) is 0.504. The molecular formula is C24H26N2O2S2. The van der Waals surface area contributed by atoms with Crippen LogP contribution in [0.3, 0.4) is 0 Å². The molecule has 1 N–H and O–H groups in total. The number of amides is 2. The van der Waals surface area contributed by atoms with Crippen LogP contribution in [-0.4, -0.2) is 27.1 Å². The number of hydrogen-bond donors (Lipinski definition) is 1. The first-order valence-corrected chi connectivity index (χ1v) is 11.0. The highest BCUT2D eigenvalue weighted by Gasteiger charge is 2.38. The summed E-state index contributed by atoms with van der Waals surface area (Å²) in [6.07, 6.45) is 1.83. The fraction of sp³-hybridized carbons (Fsp3) is 0.292. The molecule has 0 radical (unpaired) electrons. The van der Waals surface area contributed by atoms with Gasteiger partial charge in [-0.05, 0) is 48.1 Å². The van der Waals surface area contributed by atoms with Crippen LogP contribution in [0.5, 0.6) is 0 Å². The van der Waals surface area contributed by atoms with Crippen molar-refractivity contribution in [3.8, 4) is 0 Å². The standard InChI is InChI=1S/C24H26N2O2S2/c1-15-8-6-7-9-19(15)25-21(27)16(2)26-22(28)20(30-23(26)29)14-17-10-12-18(13-11-17)24(3,4)5/h6-14,16H,1-5H3,(H,25,27)/b20-14-. The average molecular weight is 439 g/mol. The first-order chi connectivity index (χ1) is 14.1. The van der Waals surface area contributed by atoms with E-state index in [0.29, 0.717) is 9.23 Å². The molecule has 1 aliphatic rings. The summed E-state index contributed by atoms with van der Waals surface area (Å²) in [5.74, 6) is -0.506. The minimum Gasteiger partial charge on any atom is -0.324 e. The number of aryl methyl sites for hydroxylation is 1. The second-order valence-electron chi connectivity index (χ2n) is 8.40. The predicted molar refractivity (Wildman–Crippen MR) is 129 cm³/mol. The van der Waals surface area contributed by atoms with Gasteiger partial charge in [-0.3, -0.25) is 14.5 Å². The normalized spacial score (nSPS) is 16.8. The molecule has 4 nitrogen and oxygen atoms in total. The summed E-state index contributed by atoms with van der Waals surface area (Å²) in [5, 5.41) is 2.89. The number of carbonyl (C=O) groups is 2. The maximum atomic E-state index is 13.0. The molecule has 3 rings (SSSR count). The summed E-state index contributed by atoms with van der Waals surface area (Å²) < 4.78 is 0.394. The van der Waals surface area contributed by atoms with E-state index in [0.717, 1.165) is 16.8 Å². The van der Waals surface area contributed by atoms with E-state index < -0.39 is 6.04 Å². The Hall–Kier alpha value is -2.44. The number of nitrogens with zero attached hydrogens (tertiary/aromatic N) is 1. The monoisotopic (exact) mass is 438 g/mol. The number of thioether (sulfide) groups is 1. The van der Waals surface area contributed by atoms with Gasteiger partial charge < -0.3 is 5.32 Å². The van der Waals surface area contributed by atoms with Gasteiger partial charge in [-0.15, -0.1) is 0 Å². The third-order valence-electron chi connectivity index (χ3n) is 5.07. The smallest absolute Gasteiger partial charge is 0.266 e. The van der Waals surface area contributed by atoms with Crippen molar-refractivity contribution in [3.05, 3.63) is 70.1 Å². The molecule has 1 heterocycles. The molecule has 1 aliphatic heterocycles. The highest BCUT2D eigenvalue weighted by Crippen LogP contribution is 2.34. The summed E-state index contributed by atoms with van der Waals surface area (Å²) in [4.78, 5) is 27.6. The van der Waals surface area contributed by atoms with Crippen LogP contribution in [0.2, 0.25) is 0 Å². The van der Waals surface area contributed by atoms with E-state index in [1.54, 1.807) is 6.92 Å². The van der Waals surface area contributed by atoms with Gasteiger partial charge in [0.15, 0.2) is 0 Å². The van der Waals surface area contributed by atoms with Crippen molar-refractivity contribution < 1.29 is 9.59 Å². The molecule has 0 spiro atoms. The first-order valence-electron chi connectivity index (χ1n) is 9.82. The second kappa shape index (κ2) is 8.74. The fourth-order valence-corrected chi connectivity index (χ4v) is 4.53. The maximum absolute atomic E-state index is 13.0. The van der Waals surface area contributed by atoms with E-state index in [2.05, 4.69) is 38.2 Å². The highest BCUT2D eigenvalue weighted by atomic mass is 32.2. The molecule has 0 aromatic heterocycles. The molecular weight excluding hydrogens is 412 g/mol. The molecule has 2 aromatic carbocycles. The Morgan fingerprint density at radius 1 is 1.13 bits per heavy atom. The second-order valence-corrected chi connectivity index (χ2v) is 10.1.